The molecule has 2 aromatic rings. The van der Waals surface area contributed by atoms with Gasteiger partial charge in [0.25, 0.3) is 5.91 Å². The molecule has 2 aromatic carbocycles. The zero-order chi connectivity index (χ0) is 22.1. The van der Waals surface area contributed by atoms with Crippen molar-refractivity contribution in [3.8, 4) is 5.75 Å². The number of benzene rings is 2. The molecule has 0 N–H and O–H groups in total. The van der Waals surface area contributed by atoms with E-state index in [2.05, 4.69) is 36.1 Å². The number of piperidine rings is 1. The van der Waals surface area contributed by atoms with Gasteiger partial charge in [0.15, 0.2) is 0 Å². The highest BCUT2D eigenvalue weighted by atomic mass is 19.1. The van der Waals surface area contributed by atoms with Crippen molar-refractivity contribution < 1.29 is 13.9 Å². The summed E-state index contributed by atoms with van der Waals surface area (Å²) in [5.41, 5.74) is 1.51. The smallest absolute Gasteiger partial charge is 0.251 e. The number of carbonyl (C=O) groups is 1. The topological polar surface area (TPSA) is 32.8 Å². The summed E-state index contributed by atoms with van der Waals surface area (Å²) in [6, 6.07) is 15.1. The molecule has 2 fully saturated rings. The van der Waals surface area contributed by atoms with Crippen LogP contribution in [0.3, 0.4) is 0 Å². The lowest BCUT2D eigenvalue weighted by Crippen LogP contribution is -2.56. The second-order valence-electron chi connectivity index (χ2n) is 9.54. The van der Waals surface area contributed by atoms with Crippen LogP contribution in [-0.2, 0) is 11.3 Å². The number of rotatable bonds is 5. The summed E-state index contributed by atoms with van der Waals surface area (Å²) in [5.74, 6) is 0.590. The second kappa shape index (κ2) is 8.70. The molecule has 2 heterocycles. The zero-order valence-corrected chi connectivity index (χ0v) is 18.7. The fourth-order valence-corrected chi connectivity index (χ4v) is 5.63. The first-order valence-corrected chi connectivity index (χ1v) is 11.8. The molecule has 32 heavy (non-hydrogen) atoms. The van der Waals surface area contributed by atoms with Crippen molar-refractivity contribution >= 4 is 11.6 Å². The van der Waals surface area contributed by atoms with Crippen molar-refractivity contribution in [2.24, 2.45) is 0 Å². The lowest BCUT2D eigenvalue weighted by atomic mass is 9.82. The maximum absolute atomic E-state index is 13.9. The molecule has 4 nitrogen and oxygen atoms in total. The summed E-state index contributed by atoms with van der Waals surface area (Å²) < 4.78 is 20.1. The SMILES string of the molecule is C[C@@H]1C[C@]2(C=CC(=O)N2c2cccc(F)c2)CCN1Cc1cccc(OC2CCCC2)c1. The predicted molar refractivity (Wildman–Crippen MR) is 124 cm³/mol. The minimum Gasteiger partial charge on any atom is -0.490 e. The van der Waals surface area contributed by atoms with Crippen LogP contribution in [0.25, 0.3) is 0 Å². The Labute approximate surface area is 189 Å². The number of amides is 1. The van der Waals surface area contributed by atoms with Crippen LogP contribution < -0.4 is 9.64 Å². The fourth-order valence-electron chi connectivity index (χ4n) is 5.63. The van der Waals surface area contributed by atoms with Gasteiger partial charge in [-0.15, -0.1) is 0 Å². The number of likely N-dealkylation sites (tertiary alicyclic amines) is 1. The molecule has 1 amide bonds. The minimum atomic E-state index is -0.381. The van der Waals surface area contributed by atoms with Crippen molar-refractivity contribution in [1.29, 1.82) is 0 Å². The Balaban J connectivity index is 1.28. The number of halogens is 1. The summed E-state index contributed by atoms with van der Waals surface area (Å²) in [6.45, 7) is 3.95. The van der Waals surface area contributed by atoms with E-state index in [1.165, 1.54) is 30.5 Å². The molecule has 1 saturated heterocycles. The van der Waals surface area contributed by atoms with E-state index >= 15 is 0 Å². The van der Waals surface area contributed by atoms with Crippen LogP contribution in [0.2, 0.25) is 0 Å². The highest BCUT2D eigenvalue weighted by Gasteiger charge is 2.46. The summed E-state index contributed by atoms with van der Waals surface area (Å²) in [6.07, 6.45) is 10.5. The van der Waals surface area contributed by atoms with Gasteiger partial charge in [0.2, 0.25) is 0 Å². The van der Waals surface area contributed by atoms with Gasteiger partial charge in [-0.25, -0.2) is 4.39 Å². The van der Waals surface area contributed by atoms with Crippen LogP contribution in [0.15, 0.2) is 60.7 Å². The van der Waals surface area contributed by atoms with E-state index in [9.17, 15) is 9.18 Å². The molecule has 1 saturated carbocycles. The molecule has 2 atom stereocenters. The first-order chi connectivity index (χ1) is 15.5. The van der Waals surface area contributed by atoms with Crippen molar-refractivity contribution in [2.75, 3.05) is 11.4 Å². The number of hydrogen-bond donors (Lipinski definition) is 0. The van der Waals surface area contributed by atoms with E-state index in [-0.39, 0.29) is 23.3 Å². The Morgan fingerprint density at radius 1 is 1.12 bits per heavy atom. The molecule has 0 unspecified atom stereocenters. The average molecular weight is 435 g/mol. The summed E-state index contributed by atoms with van der Waals surface area (Å²) in [4.78, 5) is 17.0. The highest BCUT2D eigenvalue weighted by molar-refractivity contribution is 6.06. The Kier molecular flexibility index (Phi) is 5.76. The van der Waals surface area contributed by atoms with Gasteiger partial charge < -0.3 is 4.74 Å². The van der Waals surface area contributed by atoms with Crippen LogP contribution in [0.1, 0.15) is 51.0 Å². The van der Waals surface area contributed by atoms with Gasteiger partial charge in [0.1, 0.15) is 11.6 Å². The van der Waals surface area contributed by atoms with Gasteiger partial charge in [0, 0.05) is 30.9 Å². The van der Waals surface area contributed by atoms with Crippen molar-refractivity contribution in [1.82, 2.24) is 4.90 Å². The minimum absolute atomic E-state index is 0.0620. The van der Waals surface area contributed by atoms with Gasteiger partial charge >= 0.3 is 0 Å². The third kappa shape index (κ3) is 4.18. The maximum atomic E-state index is 13.9. The molecule has 168 valence electrons. The normalized spacial score (nSPS) is 26.4. The van der Waals surface area contributed by atoms with Crippen LogP contribution in [0.5, 0.6) is 5.75 Å². The van der Waals surface area contributed by atoms with Crippen molar-refractivity contribution in [2.45, 2.75) is 69.7 Å². The average Bonchev–Trinajstić information content (AvgIpc) is 3.39. The highest BCUT2D eigenvalue weighted by Crippen LogP contribution is 2.41. The molecule has 1 aliphatic carbocycles. The Hall–Kier alpha value is -2.66. The van der Waals surface area contributed by atoms with E-state index in [1.54, 1.807) is 17.0 Å². The molecule has 3 aliphatic rings. The number of anilines is 1. The summed E-state index contributed by atoms with van der Waals surface area (Å²) in [5, 5.41) is 0. The molecule has 1 spiro atoms. The monoisotopic (exact) mass is 434 g/mol. The fraction of sp³-hybridized carbons (Fsp3) is 0.444. The van der Waals surface area contributed by atoms with Gasteiger partial charge in [-0.3, -0.25) is 14.6 Å². The quantitative estimate of drug-likeness (QED) is 0.625. The van der Waals surface area contributed by atoms with Crippen molar-refractivity contribution in [3.05, 3.63) is 72.1 Å². The largest absolute Gasteiger partial charge is 0.490 e. The maximum Gasteiger partial charge on any atom is 0.251 e. The van der Waals surface area contributed by atoms with E-state index in [0.717, 1.165) is 44.5 Å². The van der Waals surface area contributed by atoms with Crippen LogP contribution in [-0.4, -0.2) is 35.0 Å². The first-order valence-electron chi connectivity index (χ1n) is 11.8. The van der Waals surface area contributed by atoms with E-state index in [1.807, 2.05) is 12.1 Å². The molecule has 2 aliphatic heterocycles. The van der Waals surface area contributed by atoms with Gasteiger partial charge in [-0.1, -0.05) is 24.3 Å². The van der Waals surface area contributed by atoms with E-state index in [4.69, 9.17) is 4.74 Å². The van der Waals surface area contributed by atoms with Gasteiger partial charge in [-0.2, -0.15) is 0 Å². The molecular weight excluding hydrogens is 403 g/mol. The van der Waals surface area contributed by atoms with Crippen LogP contribution >= 0.6 is 0 Å². The second-order valence-corrected chi connectivity index (χ2v) is 9.54. The molecule has 0 aromatic heterocycles. The van der Waals surface area contributed by atoms with Gasteiger partial charge in [-0.05, 0) is 81.3 Å². The zero-order valence-electron chi connectivity index (χ0n) is 18.7. The van der Waals surface area contributed by atoms with E-state index in [0.29, 0.717) is 11.8 Å². The molecule has 5 heteroatoms. The predicted octanol–water partition coefficient (Wildman–Crippen LogP) is 5.47. The lowest BCUT2D eigenvalue weighted by molar-refractivity contribution is -0.114. The number of ether oxygens (including phenoxy) is 1. The Bertz CT molecular complexity index is 1020. The van der Waals surface area contributed by atoms with Crippen LogP contribution in [0.4, 0.5) is 10.1 Å². The number of hydrogen-bond acceptors (Lipinski definition) is 3. The first kappa shape index (κ1) is 21.2. The third-order valence-corrected chi connectivity index (χ3v) is 7.26. The van der Waals surface area contributed by atoms with Crippen LogP contribution in [0, 0.1) is 5.82 Å². The Morgan fingerprint density at radius 3 is 2.72 bits per heavy atom. The number of carbonyl (C=O) groups excluding carboxylic acids is 1. The summed E-state index contributed by atoms with van der Waals surface area (Å²) >= 11 is 0. The van der Waals surface area contributed by atoms with Crippen molar-refractivity contribution in [3.63, 3.8) is 0 Å². The van der Waals surface area contributed by atoms with Gasteiger partial charge in [0.05, 0.1) is 11.6 Å². The van der Waals surface area contributed by atoms with E-state index < -0.39 is 0 Å². The Morgan fingerprint density at radius 2 is 1.94 bits per heavy atom. The lowest BCUT2D eigenvalue weighted by Gasteiger charge is -2.47. The third-order valence-electron chi connectivity index (χ3n) is 7.26. The summed E-state index contributed by atoms with van der Waals surface area (Å²) in [7, 11) is 0. The molecular formula is C27H31FN2O2. The molecule has 0 radical (unpaired) electrons. The molecule has 0 bridgehead atoms. The number of nitrogens with zero attached hydrogens (tertiary/aromatic N) is 2. The standard InChI is InChI=1S/C27H31FN2O2/c1-20-18-27(13-12-26(31)30(27)23-8-5-7-22(28)17-23)14-15-29(20)19-21-6-4-11-25(16-21)32-24-9-2-3-10-24/h4-8,11-13,16-17,20,24H,2-3,9-10,14-15,18-19H2,1H3/t20-,27+/m1/s1. The molecule has 5 rings (SSSR count).